The predicted molar refractivity (Wildman–Crippen MR) is 176 cm³/mol. The lowest BCUT2D eigenvalue weighted by Crippen LogP contribution is -2.48. The number of thiazole rings is 1. The van der Waals surface area contributed by atoms with Crippen molar-refractivity contribution in [3.8, 4) is 16.3 Å². The summed E-state index contributed by atoms with van der Waals surface area (Å²) in [7, 11) is 1.71. The number of aryl methyl sites for hydroxylation is 3. The summed E-state index contributed by atoms with van der Waals surface area (Å²) in [5.41, 5.74) is 7.55. The Kier molecular flexibility index (Phi) is 10.1. The van der Waals surface area contributed by atoms with E-state index < -0.39 is 0 Å². The number of methoxy groups -OCH3 is 1. The topological polar surface area (TPSA) is 70.6 Å². The van der Waals surface area contributed by atoms with Gasteiger partial charge in [0.2, 0.25) is 0 Å². The van der Waals surface area contributed by atoms with Crippen molar-refractivity contribution >= 4 is 22.9 Å². The van der Waals surface area contributed by atoms with Crippen LogP contribution in [0, 0.1) is 20.8 Å². The maximum atomic E-state index is 13.2. The third kappa shape index (κ3) is 7.43. The predicted octanol–water partition coefficient (Wildman–Crippen LogP) is 6.82. The Morgan fingerprint density at radius 2 is 1.79 bits per heavy atom. The molecule has 43 heavy (non-hydrogen) atoms. The second-order valence-electron chi connectivity index (χ2n) is 11.6. The van der Waals surface area contributed by atoms with Gasteiger partial charge in [0.1, 0.15) is 10.8 Å². The van der Waals surface area contributed by atoms with Crippen LogP contribution in [0.15, 0.2) is 66.4 Å². The Bertz CT molecular complexity index is 1470. The third-order valence-electron chi connectivity index (χ3n) is 8.74. The van der Waals surface area contributed by atoms with Crippen molar-refractivity contribution in [1.82, 2.24) is 20.2 Å². The van der Waals surface area contributed by atoms with Gasteiger partial charge in [-0.15, -0.1) is 11.3 Å². The van der Waals surface area contributed by atoms with Gasteiger partial charge in [0.15, 0.2) is 0 Å². The van der Waals surface area contributed by atoms with Crippen LogP contribution < -0.4 is 15.0 Å². The third-order valence-corrected chi connectivity index (χ3v) is 9.56. The molecule has 2 aromatic heterocycles. The Morgan fingerprint density at radius 1 is 1.07 bits per heavy atom. The molecule has 5 rings (SSSR count). The van der Waals surface area contributed by atoms with E-state index in [0.717, 1.165) is 71.9 Å². The minimum absolute atomic E-state index is 0.00688. The molecule has 3 heterocycles. The van der Waals surface area contributed by atoms with Gasteiger partial charge in [0.05, 0.1) is 7.11 Å². The first-order valence-corrected chi connectivity index (χ1v) is 16.1. The molecule has 7 nitrogen and oxygen atoms in total. The van der Waals surface area contributed by atoms with E-state index in [0.29, 0.717) is 18.6 Å². The maximum absolute atomic E-state index is 13.2. The van der Waals surface area contributed by atoms with E-state index in [1.54, 1.807) is 18.4 Å². The van der Waals surface area contributed by atoms with Gasteiger partial charge in [-0.25, -0.2) is 4.98 Å². The average molecular weight is 598 g/mol. The number of piperidine rings is 1. The van der Waals surface area contributed by atoms with Crippen LogP contribution in [-0.2, 0) is 6.54 Å². The van der Waals surface area contributed by atoms with Crippen LogP contribution in [0.2, 0.25) is 0 Å². The smallest absolute Gasteiger partial charge is 0.251 e. The average Bonchev–Trinajstić information content (AvgIpc) is 3.56. The number of carbonyl (C=O) groups is 1. The molecule has 0 spiro atoms. The van der Waals surface area contributed by atoms with Crippen LogP contribution in [0.4, 0.5) is 5.69 Å². The zero-order chi connectivity index (χ0) is 30.3. The van der Waals surface area contributed by atoms with Crippen LogP contribution in [0.1, 0.15) is 58.8 Å². The van der Waals surface area contributed by atoms with E-state index in [1.165, 1.54) is 16.8 Å². The van der Waals surface area contributed by atoms with E-state index in [2.05, 4.69) is 69.3 Å². The molecule has 0 aliphatic carbocycles. The molecule has 4 aromatic rings. The molecule has 2 aromatic carbocycles. The maximum Gasteiger partial charge on any atom is 0.251 e. The normalized spacial score (nSPS) is 14.8. The molecule has 1 fully saturated rings. The Morgan fingerprint density at radius 3 is 2.42 bits per heavy atom. The lowest BCUT2D eigenvalue weighted by molar-refractivity contribution is 0.0944. The molecular formula is C35H43N5O2S. The molecule has 1 aliphatic heterocycles. The van der Waals surface area contributed by atoms with Gasteiger partial charge in [-0.05, 0) is 112 Å². The first kappa shape index (κ1) is 30.7. The monoisotopic (exact) mass is 597 g/mol. The summed E-state index contributed by atoms with van der Waals surface area (Å²) in [6, 6.07) is 15.5. The standard InChI is InChI=1S/C35H43N5O2S/c1-24-10-14-36-22-29(24)23-40(30-6-8-32(42-5)9-7-30)31-12-17-39(18-13-31)27(4)11-15-37-34(41)33-25(2)20-28(21-26(33)3)35-38-16-19-43-35/h6-10,14,16,19-22,27,31H,11-13,15,17-18,23H2,1-5H3,(H,37,41). The largest absolute Gasteiger partial charge is 0.497 e. The van der Waals surface area contributed by atoms with Gasteiger partial charge in [-0.2, -0.15) is 0 Å². The number of nitrogens with one attached hydrogen (secondary N) is 1. The minimum Gasteiger partial charge on any atom is -0.497 e. The number of anilines is 1. The van der Waals surface area contributed by atoms with Gasteiger partial charge < -0.3 is 19.9 Å². The summed E-state index contributed by atoms with van der Waals surface area (Å²) in [5.74, 6) is 0.877. The molecular weight excluding hydrogens is 554 g/mol. The number of nitrogens with zero attached hydrogens (tertiary/aromatic N) is 4. The molecule has 1 aliphatic rings. The SMILES string of the molecule is COc1ccc(N(Cc2cnccc2C)C2CCN(C(C)CCNC(=O)c3c(C)cc(-c4nccs4)cc3C)CC2)cc1. The quantitative estimate of drug-likeness (QED) is 0.205. The minimum atomic E-state index is 0.00688. The molecule has 8 heteroatoms. The van der Waals surface area contributed by atoms with Crippen molar-refractivity contribution in [2.24, 2.45) is 0 Å². The first-order valence-electron chi connectivity index (χ1n) is 15.2. The zero-order valence-corrected chi connectivity index (χ0v) is 26.8. The van der Waals surface area contributed by atoms with Gasteiger partial charge in [0.25, 0.3) is 5.91 Å². The van der Waals surface area contributed by atoms with Crippen LogP contribution in [0.25, 0.3) is 10.6 Å². The van der Waals surface area contributed by atoms with Crippen LogP contribution >= 0.6 is 11.3 Å². The zero-order valence-electron chi connectivity index (χ0n) is 26.0. The van der Waals surface area contributed by atoms with Gasteiger partial charge in [-0.1, -0.05) is 0 Å². The lowest BCUT2D eigenvalue weighted by Gasteiger charge is -2.42. The molecule has 1 saturated heterocycles. The lowest BCUT2D eigenvalue weighted by atomic mass is 9.98. The summed E-state index contributed by atoms with van der Waals surface area (Å²) in [6.45, 7) is 12.0. The highest BCUT2D eigenvalue weighted by atomic mass is 32.1. The van der Waals surface area contributed by atoms with Crippen LogP contribution in [0.3, 0.4) is 0 Å². The van der Waals surface area contributed by atoms with E-state index in [1.807, 2.05) is 50.0 Å². The van der Waals surface area contributed by atoms with Gasteiger partial charge >= 0.3 is 0 Å². The fraction of sp³-hybridized carbons (Fsp3) is 0.400. The molecule has 0 bridgehead atoms. The second-order valence-corrected chi connectivity index (χ2v) is 12.5. The van der Waals surface area contributed by atoms with Crippen molar-refractivity contribution in [2.75, 3.05) is 31.6 Å². The van der Waals surface area contributed by atoms with Crippen molar-refractivity contribution in [1.29, 1.82) is 0 Å². The highest BCUT2D eigenvalue weighted by Gasteiger charge is 2.28. The molecule has 1 N–H and O–H groups in total. The Balaban J connectivity index is 1.16. The second kappa shape index (κ2) is 14.1. The van der Waals surface area contributed by atoms with E-state index in [9.17, 15) is 4.79 Å². The van der Waals surface area contributed by atoms with Crippen molar-refractivity contribution < 1.29 is 9.53 Å². The van der Waals surface area contributed by atoms with Gasteiger partial charge in [-0.3, -0.25) is 9.78 Å². The molecule has 1 unspecified atom stereocenters. The summed E-state index contributed by atoms with van der Waals surface area (Å²) in [6.07, 6.45) is 8.77. The fourth-order valence-electron chi connectivity index (χ4n) is 6.17. The van der Waals surface area contributed by atoms with Crippen molar-refractivity contribution in [3.05, 3.63) is 94.3 Å². The molecule has 0 saturated carbocycles. The van der Waals surface area contributed by atoms with E-state index in [4.69, 9.17) is 4.74 Å². The molecule has 226 valence electrons. The van der Waals surface area contributed by atoms with E-state index >= 15 is 0 Å². The highest BCUT2D eigenvalue weighted by molar-refractivity contribution is 7.13. The summed E-state index contributed by atoms with van der Waals surface area (Å²) < 4.78 is 5.41. The molecule has 1 amide bonds. The number of pyridine rings is 1. The van der Waals surface area contributed by atoms with Crippen LogP contribution in [-0.4, -0.2) is 59.6 Å². The highest BCUT2D eigenvalue weighted by Crippen LogP contribution is 2.30. The summed E-state index contributed by atoms with van der Waals surface area (Å²) >= 11 is 1.61. The number of likely N-dealkylation sites (tertiary alicyclic amines) is 1. The molecule has 0 radical (unpaired) electrons. The van der Waals surface area contributed by atoms with Crippen molar-refractivity contribution in [2.45, 2.75) is 65.6 Å². The number of aromatic nitrogens is 2. The Hall–Kier alpha value is -3.75. The Labute approximate surface area is 259 Å². The van der Waals surface area contributed by atoms with Gasteiger partial charge in [0, 0.05) is 79.0 Å². The fourth-order valence-corrected chi connectivity index (χ4v) is 6.79. The number of hydrogen-bond donors (Lipinski definition) is 1. The number of amides is 1. The number of hydrogen-bond acceptors (Lipinski definition) is 7. The van der Waals surface area contributed by atoms with Crippen molar-refractivity contribution in [3.63, 3.8) is 0 Å². The molecule has 1 atom stereocenters. The number of rotatable bonds is 11. The number of benzene rings is 2. The number of ether oxygens (including phenoxy) is 1. The summed E-state index contributed by atoms with van der Waals surface area (Å²) in [4.78, 5) is 27.1. The van der Waals surface area contributed by atoms with E-state index in [-0.39, 0.29) is 5.91 Å². The first-order chi connectivity index (χ1) is 20.8. The number of carbonyl (C=O) groups excluding carboxylic acids is 1. The summed E-state index contributed by atoms with van der Waals surface area (Å²) in [5, 5.41) is 6.15. The van der Waals surface area contributed by atoms with Crippen LogP contribution in [0.5, 0.6) is 5.75 Å².